The van der Waals surface area contributed by atoms with Crippen LogP contribution in [-0.4, -0.2) is 19.1 Å². The molecule has 0 aromatic heterocycles. The molecule has 3 aromatic carbocycles. The first-order valence-electron chi connectivity index (χ1n) is 10.9. The zero-order valence-corrected chi connectivity index (χ0v) is 18.9. The largest absolute Gasteiger partial charge is 0.486 e. The first-order valence-corrected chi connectivity index (χ1v) is 10.9. The fraction of sp³-hybridized carbons (Fsp3) is 0.296. The molecule has 166 valence electrons. The van der Waals surface area contributed by atoms with E-state index in [2.05, 4.69) is 50.4 Å². The molecule has 0 spiro atoms. The van der Waals surface area contributed by atoms with E-state index in [-0.39, 0.29) is 17.2 Å². The van der Waals surface area contributed by atoms with Crippen molar-refractivity contribution in [1.29, 1.82) is 0 Å². The number of anilines is 2. The van der Waals surface area contributed by atoms with E-state index in [9.17, 15) is 4.79 Å². The zero-order valence-electron chi connectivity index (χ0n) is 18.9. The molecule has 1 unspecified atom stereocenters. The number of rotatable bonds is 5. The van der Waals surface area contributed by atoms with Crippen LogP contribution in [0.4, 0.5) is 11.4 Å². The summed E-state index contributed by atoms with van der Waals surface area (Å²) in [5.41, 5.74) is 10.9. The molecule has 0 saturated heterocycles. The Bertz CT molecular complexity index is 1100. The quantitative estimate of drug-likeness (QED) is 0.524. The van der Waals surface area contributed by atoms with Gasteiger partial charge in [-0.05, 0) is 46.4 Å². The third kappa shape index (κ3) is 5.05. The highest BCUT2D eigenvalue weighted by molar-refractivity contribution is 5.92. The normalized spacial score (nSPS) is 14.0. The summed E-state index contributed by atoms with van der Waals surface area (Å²) in [4.78, 5) is 13.0. The van der Waals surface area contributed by atoms with Crippen molar-refractivity contribution in [2.24, 2.45) is 0 Å². The summed E-state index contributed by atoms with van der Waals surface area (Å²) in [6.45, 7) is 7.62. The molecule has 5 heteroatoms. The lowest BCUT2D eigenvalue weighted by atomic mass is 9.83. The Morgan fingerprint density at radius 3 is 2.34 bits per heavy atom. The minimum atomic E-state index is -0.107. The predicted molar refractivity (Wildman–Crippen MR) is 129 cm³/mol. The van der Waals surface area contributed by atoms with E-state index in [1.165, 1.54) is 5.56 Å². The van der Waals surface area contributed by atoms with Crippen LogP contribution in [0.1, 0.15) is 49.8 Å². The average Bonchev–Trinajstić information content (AvgIpc) is 2.77. The van der Waals surface area contributed by atoms with Crippen molar-refractivity contribution in [2.75, 3.05) is 24.3 Å². The molecule has 32 heavy (non-hydrogen) atoms. The lowest BCUT2D eigenvalue weighted by Gasteiger charge is -2.22. The molecule has 0 fully saturated rings. The first kappa shape index (κ1) is 21.8. The van der Waals surface area contributed by atoms with Crippen LogP contribution in [0.2, 0.25) is 0 Å². The number of carbonyl (C=O) groups is 1. The van der Waals surface area contributed by atoms with Gasteiger partial charge in [-0.3, -0.25) is 4.79 Å². The highest BCUT2D eigenvalue weighted by Crippen LogP contribution is 2.34. The molecule has 1 aliphatic heterocycles. The number of nitrogen functional groups attached to an aromatic ring is 1. The van der Waals surface area contributed by atoms with Crippen LogP contribution in [-0.2, 0) is 10.2 Å². The molecular weight excluding hydrogens is 400 g/mol. The van der Waals surface area contributed by atoms with Crippen LogP contribution in [0, 0.1) is 0 Å². The summed E-state index contributed by atoms with van der Waals surface area (Å²) in [6.07, 6.45) is 0.298. The van der Waals surface area contributed by atoms with Gasteiger partial charge >= 0.3 is 0 Å². The van der Waals surface area contributed by atoms with Crippen molar-refractivity contribution in [3.63, 3.8) is 0 Å². The summed E-state index contributed by atoms with van der Waals surface area (Å²) in [6, 6.07) is 21.7. The Kier molecular flexibility index (Phi) is 6.08. The van der Waals surface area contributed by atoms with Crippen LogP contribution in [0.25, 0.3) is 0 Å². The smallest absolute Gasteiger partial charge is 0.225 e. The Labute approximate surface area is 189 Å². The number of hydrogen-bond donors (Lipinski definition) is 2. The van der Waals surface area contributed by atoms with Gasteiger partial charge in [0.25, 0.3) is 0 Å². The first-order chi connectivity index (χ1) is 15.3. The fourth-order valence-corrected chi connectivity index (χ4v) is 3.94. The van der Waals surface area contributed by atoms with E-state index in [0.717, 1.165) is 11.1 Å². The Morgan fingerprint density at radius 1 is 0.938 bits per heavy atom. The molecule has 4 rings (SSSR count). The second kappa shape index (κ2) is 8.95. The van der Waals surface area contributed by atoms with Crippen molar-refractivity contribution < 1.29 is 14.3 Å². The Balaban J connectivity index is 1.57. The van der Waals surface area contributed by atoms with Crippen LogP contribution in [0.15, 0.2) is 66.7 Å². The lowest BCUT2D eigenvalue weighted by Crippen LogP contribution is -2.18. The molecule has 1 atom stereocenters. The molecule has 0 radical (unpaired) electrons. The van der Waals surface area contributed by atoms with E-state index in [0.29, 0.717) is 42.5 Å². The van der Waals surface area contributed by atoms with Crippen LogP contribution in [0.3, 0.4) is 0 Å². The Morgan fingerprint density at radius 2 is 1.66 bits per heavy atom. The summed E-state index contributed by atoms with van der Waals surface area (Å²) < 4.78 is 11.2. The van der Waals surface area contributed by atoms with Gasteiger partial charge < -0.3 is 20.5 Å². The minimum absolute atomic E-state index is 0.0702. The van der Waals surface area contributed by atoms with Crippen molar-refractivity contribution in [3.8, 4) is 11.5 Å². The number of amides is 1. The maximum atomic E-state index is 13.0. The van der Waals surface area contributed by atoms with Gasteiger partial charge in [0.05, 0.1) is 0 Å². The van der Waals surface area contributed by atoms with Crippen molar-refractivity contribution in [2.45, 2.75) is 38.5 Å². The molecule has 1 heterocycles. The molecule has 0 saturated carbocycles. The lowest BCUT2D eigenvalue weighted by molar-refractivity contribution is -0.116. The van der Waals surface area contributed by atoms with Crippen LogP contribution < -0.4 is 20.5 Å². The van der Waals surface area contributed by atoms with Gasteiger partial charge in [0.1, 0.15) is 13.2 Å². The van der Waals surface area contributed by atoms with Crippen molar-refractivity contribution >= 4 is 17.3 Å². The van der Waals surface area contributed by atoms with Crippen LogP contribution in [0.5, 0.6) is 11.5 Å². The third-order valence-electron chi connectivity index (χ3n) is 5.71. The molecule has 3 aromatic rings. The number of nitrogens with two attached hydrogens (primary N) is 1. The molecule has 1 aliphatic rings. The topological polar surface area (TPSA) is 73.6 Å². The van der Waals surface area contributed by atoms with Gasteiger partial charge in [-0.15, -0.1) is 0 Å². The molecular formula is C27H30N2O3. The molecule has 5 nitrogen and oxygen atoms in total. The van der Waals surface area contributed by atoms with Gasteiger partial charge in [0.2, 0.25) is 5.91 Å². The molecule has 0 bridgehead atoms. The monoisotopic (exact) mass is 430 g/mol. The van der Waals surface area contributed by atoms with Gasteiger partial charge in [0.15, 0.2) is 11.5 Å². The second-order valence-corrected chi connectivity index (χ2v) is 9.21. The van der Waals surface area contributed by atoms with Gasteiger partial charge in [0, 0.05) is 29.8 Å². The molecule has 3 N–H and O–H groups in total. The number of fused-ring (bicyclic) bond motifs is 1. The maximum Gasteiger partial charge on any atom is 0.225 e. The van der Waals surface area contributed by atoms with Gasteiger partial charge in [-0.25, -0.2) is 0 Å². The summed E-state index contributed by atoms with van der Waals surface area (Å²) in [7, 11) is 0. The summed E-state index contributed by atoms with van der Waals surface area (Å²) >= 11 is 0. The maximum absolute atomic E-state index is 13.0. The van der Waals surface area contributed by atoms with E-state index >= 15 is 0 Å². The summed E-state index contributed by atoms with van der Waals surface area (Å²) in [5.74, 6) is 1.17. The Hall–Kier alpha value is -3.47. The van der Waals surface area contributed by atoms with Gasteiger partial charge in [-0.1, -0.05) is 57.2 Å². The molecule has 0 aliphatic carbocycles. The molecule has 1 amide bonds. The number of carbonyl (C=O) groups excluding carboxylic acids is 1. The van der Waals surface area contributed by atoms with E-state index in [4.69, 9.17) is 15.2 Å². The zero-order chi connectivity index (χ0) is 22.7. The third-order valence-corrected chi connectivity index (χ3v) is 5.71. The number of benzene rings is 3. The van der Waals surface area contributed by atoms with E-state index < -0.39 is 0 Å². The fourth-order valence-electron chi connectivity index (χ4n) is 3.94. The predicted octanol–water partition coefficient (Wildman–Crippen LogP) is 5.50. The van der Waals surface area contributed by atoms with E-state index in [1.807, 2.05) is 36.4 Å². The highest BCUT2D eigenvalue weighted by atomic mass is 16.6. The van der Waals surface area contributed by atoms with Crippen molar-refractivity contribution in [3.05, 3.63) is 83.4 Å². The number of nitrogens with one attached hydrogen (secondary N) is 1. The minimum Gasteiger partial charge on any atom is -0.486 e. The summed E-state index contributed by atoms with van der Waals surface area (Å²) in [5, 5.41) is 3.01. The standard InChI is InChI=1S/C27H30N2O3/c1-27(2,3)20-9-7-18(8-10-20)23(19-5-4-6-21(28)15-19)17-26(30)29-22-11-12-24-25(16-22)32-14-13-31-24/h4-12,15-16,23H,13-14,17,28H2,1-3H3,(H,29,30). The SMILES string of the molecule is CC(C)(C)c1ccc(C(CC(=O)Nc2ccc3c(c2)OCCO3)c2cccc(N)c2)cc1. The van der Waals surface area contributed by atoms with Gasteiger partial charge in [-0.2, -0.15) is 0 Å². The highest BCUT2D eigenvalue weighted by Gasteiger charge is 2.21. The second-order valence-electron chi connectivity index (χ2n) is 9.21. The van der Waals surface area contributed by atoms with Crippen molar-refractivity contribution in [1.82, 2.24) is 0 Å². The van der Waals surface area contributed by atoms with E-state index in [1.54, 1.807) is 6.07 Å². The number of ether oxygens (including phenoxy) is 2. The number of hydrogen-bond acceptors (Lipinski definition) is 4. The van der Waals surface area contributed by atoms with Crippen LogP contribution >= 0.6 is 0 Å². The average molecular weight is 431 g/mol.